The summed E-state index contributed by atoms with van der Waals surface area (Å²) >= 11 is 1.42. The highest BCUT2D eigenvalue weighted by Gasteiger charge is 2.18. The van der Waals surface area contributed by atoms with Crippen LogP contribution in [-0.2, 0) is 24.1 Å². The zero-order chi connectivity index (χ0) is 28.1. The number of nitrogens with one attached hydrogen (secondary N) is 1. The number of aromatic amines is 1. The van der Waals surface area contributed by atoms with Crippen LogP contribution in [0.4, 0.5) is 0 Å². The van der Waals surface area contributed by atoms with E-state index in [0.717, 1.165) is 57.7 Å². The maximum Gasteiger partial charge on any atom is 0.339 e. The number of tetrazole rings is 1. The van der Waals surface area contributed by atoms with Gasteiger partial charge in [-0.05, 0) is 58.7 Å². The van der Waals surface area contributed by atoms with Gasteiger partial charge in [0.2, 0.25) is 5.82 Å². The van der Waals surface area contributed by atoms with E-state index < -0.39 is 5.97 Å². The van der Waals surface area contributed by atoms with E-state index in [0.29, 0.717) is 23.4 Å². The Morgan fingerprint density at radius 1 is 1.10 bits per heavy atom. The lowest BCUT2D eigenvalue weighted by molar-refractivity contribution is 0.0600. The SMILES string of the molecule is CCCCc1ncn(Cc2sccc2C(=O)OC)c(=O)c1Cc1ccc(-c2ccccc2-c2nn[nH]n2)c(C)c1. The predicted octanol–water partition coefficient (Wildman–Crippen LogP) is 5.23. The van der Waals surface area contributed by atoms with Crippen molar-refractivity contribution in [2.45, 2.75) is 46.1 Å². The number of benzene rings is 2. The van der Waals surface area contributed by atoms with Gasteiger partial charge in [-0.2, -0.15) is 5.21 Å². The number of esters is 1. The van der Waals surface area contributed by atoms with Crippen LogP contribution in [0.1, 0.15) is 57.4 Å². The van der Waals surface area contributed by atoms with Crippen molar-refractivity contribution >= 4 is 17.3 Å². The number of carbonyl (C=O) groups is 1. The standard InChI is InChI=1S/C30H30N6O3S/c1-4-5-10-26-25(29(37)36(18-31-26)17-27-24(13-14-40-27)30(38)39-3)16-20-11-12-21(19(2)15-20)22-8-6-7-9-23(22)28-32-34-35-33-28/h6-9,11-15,18H,4-5,10,16-17H2,1-3H3,(H,32,33,34,35). The molecule has 40 heavy (non-hydrogen) atoms. The summed E-state index contributed by atoms with van der Waals surface area (Å²) < 4.78 is 6.49. The number of unbranched alkanes of at least 4 members (excludes halogenated alkanes) is 1. The van der Waals surface area contributed by atoms with E-state index >= 15 is 0 Å². The van der Waals surface area contributed by atoms with Crippen LogP contribution in [0.25, 0.3) is 22.5 Å². The van der Waals surface area contributed by atoms with Crippen molar-refractivity contribution in [3.05, 3.63) is 103 Å². The van der Waals surface area contributed by atoms with Gasteiger partial charge in [0.1, 0.15) is 0 Å². The van der Waals surface area contributed by atoms with Crippen LogP contribution in [0.3, 0.4) is 0 Å². The molecule has 5 rings (SSSR count). The summed E-state index contributed by atoms with van der Waals surface area (Å²) in [5.74, 6) is 0.130. The Hall–Kier alpha value is -4.44. The second kappa shape index (κ2) is 12.2. The van der Waals surface area contributed by atoms with Crippen molar-refractivity contribution in [2.24, 2.45) is 0 Å². The lowest BCUT2D eigenvalue weighted by Gasteiger charge is -2.14. The Morgan fingerprint density at radius 2 is 1.93 bits per heavy atom. The third-order valence-electron chi connectivity index (χ3n) is 6.93. The maximum atomic E-state index is 13.8. The molecule has 0 spiro atoms. The summed E-state index contributed by atoms with van der Waals surface area (Å²) in [6.07, 6.45) is 4.76. The van der Waals surface area contributed by atoms with Gasteiger partial charge in [-0.3, -0.25) is 9.36 Å². The molecule has 0 saturated carbocycles. The molecule has 5 aromatic rings. The van der Waals surface area contributed by atoms with E-state index in [1.807, 2.05) is 29.6 Å². The van der Waals surface area contributed by atoms with Gasteiger partial charge >= 0.3 is 5.97 Å². The first kappa shape index (κ1) is 27.1. The van der Waals surface area contributed by atoms with Crippen LogP contribution < -0.4 is 5.56 Å². The van der Waals surface area contributed by atoms with Crippen molar-refractivity contribution in [2.75, 3.05) is 7.11 Å². The summed E-state index contributed by atoms with van der Waals surface area (Å²) in [7, 11) is 1.36. The largest absolute Gasteiger partial charge is 0.465 e. The van der Waals surface area contributed by atoms with E-state index in [2.05, 4.69) is 52.7 Å². The van der Waals surface area contributed by atoms with E-state index in [1.165, 1.54) is 18.4 Å². The first-order chi connectivity index (χ1) is 19.5. The number of nitrogens with zero attached hydrogens (tertiary/aromatic N) is 5. The summed E-state index contributed by atoms with van der Waals surface area (Å²) in [6, 6.07) is 16.0. The molecule has 3 heterocycles. The van der Waals surface area contributed by atoms with Gasteiger partial charge in [0, 0.05) is 22.4 Å². The smallest absolute Gasteiger partial charge is 0.339 e. The van der Waals surface area contributed by atoms with Gasteiger partial charge in [0.25, 0.3) is 5.56 Å². The van der Waals surface area contributed by atoms with Crippen LogP contribution in [0.15, 0.2) is 65.0 Å². The van der Waals surface area contributed by atoms with Crippen LogP contribution in [-0.4, -0.2) is 43.3 Å². The van der Waals surface area contributed by atoms with Crippen molar-refractivity contribution in [1.82, 2.24) is 30.2 Å². The Morgan fingerprint density at radius 3 is 2.65 bits per heavy atom. The average Bonchev–Trinajstić information content (AvgIpc) is 3.67. The van der Waals surface area contributed by atoms with Gasteiger partial charge < -0.3 is 4.74 Å². The zero-order valence-electron chi connectivity index (χ0n) is 22.7. The maximum absolute atomic E-state index is 13.8. The third kappa shape index (κ3) is 5.62. The molecule has 0 aliphatic heterocycles. The number of hydrogen-bond donors (Lipinski definition) is 1. The first-order valence-electron chi connectivity index (χ1n) is 13.1. The molecule has 0 radical (unpaired) electrons. The first-order valence-corrected chi connectivity index (χ1v) is 14.0. The van der Waals surface area contributed by atoms with E-state index in [-0.39, 0.29) is 12.1 Å². The second-order valence-electron chi connectivity index (χ2n) is 9.56. The topological polar surface area (TPSA) is 116 Å². The number of aromatic nitrogens is 6. The number of methoxy groups -OCH3 is 1. The number of hydrogen-bond acceptors (Lipinski definition) is 8. The minimum atomic E-state index is -0.409. The van der Waals surface area contributed by atoms with Gasteiger partial charge in [0.15, 0.2) is 0 Å². The number of aryl methyl sites for hydroxylation is 2. The minimum absolute atomic E-state index is 0.0884. The molecule has 0 saturated heterocycles. The summed E-state index contributed by atoms with van der Waals surface area (Å²) in [5.41, 5.74) is 6.97. The molecule has 1 N–H and O–H groups in total. The van der Waals surface area contributed by atoms with Gasteiger partial charge in [-0.1, -0.05) is 55.8 Å². The molecule has 9 nitrogen and oxygen atoms in total. The Labute approximate surface area is 235 Å². The number of carbonyl (C=O) groups excluding carboxylic acids is 1. The number of ether oxygens (including phenoxy) is 1. The number of H-pyrrole nitrogens is 1. The number of thiophene rings is 1. The molecule has 3 aromatic heterocycles. The van der Waals surface area contributed by atoms with Gasteiger partial charge in [0.05, 0.1) is 31.2 Å². The highest BCUT2D eigenvalue weighted by molar-refractivity contribution is 7.10. The molecule has 0 aliphatic rings. The molecule has 0 aliphatic carbocycles. The highest BCUT2D eigenvalue weighted by atomic mass is 32.1. The molecule has 2 aromatic carbocycles. The fraction of sp³-hybridized carbons (Fsp3) is 0.267. The van der Waals surface area contributed by atoms with Gasteiger partial charge in [-0.25, -0.2) is 9.78 Å². The average molecular weight is 555 g/mol. The molecule has 10 heteroatoms. The Bertz CT molecular complexity index is 1690. The molecule has 0 fully saturated rings. The van der Waals surface area contributed by atoms with Crippen LogP contribution in [0.2, 0.25) is 0 Å². The fourth-order valence-corrected chi connectivity index (χ4v) is 5.72. The lowest BCUT2D eigenvalue weighted by atomic mass is 9.92. The summed E-state index contributed by atoms with van der Waals surface area (Å²) in [5, 5.41) is 16.4. The zero-order valence-corrected chi connectivity index (χ0v) is 23.5. The third-order valence-corrected chi connectivity index (χ3v) is 7.83. The van der Waals surface area contributed by atoms with E-state index in [9.17, 15) is 9.59 Å². The van der Waals surface area contributed by atoms with Crippen molar-refractivity contribution in [3.8, 4) is 22.5 Å². The van der Waals surface area contributed by atoms with Crippen molar-refractivity contribution < 1.29 is 9.53 Å². The minimum Gasteiger partial charge on any atom is -0.465 e. The fourth-order valence-electron chi connectivity index (χ4n) is 4.86. The quantitative estimate of drug-likeness (QED) is 0.235. The molecule has 0 bridgehead atoms. The summed E-state index contributed by atoms with van der Waals surface area (Å²) in [6.45, 7) is 4.46. The van der Waals surface area contributed by atoms with Crippen LogP contribution >= 0.6 is 11.3 Å². The van der Waals surface area contributed by atoms with Crippen LogP contribution in [0, 0.1) is 6.92 Å². The molecular formula is C30H30N6O3S. The van der Waals surface area contributed by atoms with Gasteiger partial charge in [-0.15, -0.1) is 21.5 Å². The highest BCUT2D eigenvalue weighted by Crippen LogP contribution is 2.32. The monoisotopic (exact) mass is 554 g/mol. The molecule has 0 unspecified atom stereocenters. The molecule has 0 amide bonds. The normalized spacial score (nSPS) is 11.1. The molecule has 0 atom stereocenters. The van der Waals surface area contributed by atoms with Crippen LogP contribution in [0.5, 0.6) is 0 Å². The van der Waals surface area contributed by atoms with Crippen molar-refractivity contribution in [3.63, 3.8) is 0 Å². The van der Waals surface area contributed by atoms with E-state index in [1.54, 1.807) is 17.0 Å². The predicted molar refractivity (Wildman–Crippen MR) is 154 cm³/mol. The lowest BCUT2D eigenvalue weighted by Crippen LogP contribution is -2.27. The Balaban J connectivity index is 1.49. The number of rotatable bonds is 10. The van der Waals surface area contributed by atoms with E-state index in [4.69, 9.17) is 9.72 Å². The Kier molecular flexibility index (Phi) is 8.26. The molecular weight excluding hydrogens is 524 g/mol. The molecule has 204 valence electrons. The summed E-state index contributed by atoms with van der Waals surface area (Å²) in [4.78, 5) is 31.4. The van der Waals surface area contributed by atoms with Crippen molar-refractivity contribution in [1.29, 1.82) is 0 Å². The second-order valence-corrected chi connectivity index (χ2v) is 10.6.